The molecule has 3 saturated heterocycles. The van der Waals surface area contributed by atoms with Crippen molar-refractivity contribution in [1.29, 1.82) is 5.26 Å². The van der Waals surface area contributed by atoms with Crippen molar-refractivity contribution in [3.63, 3.8) is 0 Å². The third-order valence-electron chi connectivity index (χ3n) is 6.56. The van der Waals surface area contributed by atoms with Crippen LogP contribution in [0.2, 0.25) is 0 Å². The van der Waals surface area contributed by atoms with Crippen LogP contribution in [-0.2, 0) is 26.3 Å². The van der Waals surface area contributed by atoms with Crippen LogP contribution < -0.4 is 5.32 Å². The van der Waals surface area contributed by atoms with Crippen LogP contribution in [0.15, 0.2) is 30.3 Å². The predicted octanol–water partition coefficient (Wildman–Crippen LogP) is 0.706. The molecule has 0 spiro atoms. The second-order valence-corrected chi connectivity index (χ2v) is 10.7. The molecular weight excluding hydrogens is 430 g/mol. The molecule has 2 amide bonds. The van der Waals surface area contributed by atoms with Crippen LogP contribution in [0.5, 0.6) is 0 Å². The Balaban J connectivity index is 1.36. The molecule has 172 valence electrons. The van der Waals surface area contributed by atoms with Gasteiger partial charge in [0.2, 0.25) is 11.8 Å². The fraction of sp³-hybridized carbons (Fsp3) is 0.591. The lowest BCUT2D eigenvalue weighted by Crippen LogP contribution is -2.57. The van der Waals surface area contributed by atoms with E-state index in [1.54, 1.807) is 4.90 Å². The third kappa shape index (κ3) is 4.65. The summed E-state index contributed by atoms with van der Waals surface area (Å²) < 4.78 is 28.4. The molecule has 0 saturated carbocycles. The molecule has 0 unspecified atom stereocenters. The minimum Gasteiger partial charge on any atom is -0.350 e. The molecule has 0 radical (unpaired) electrons. The van der Waals surface area contributed by atoms with Crippen molar-refractivity contribution in [2.24, 2.45) is 11.8 Å². The van der Waals surface area contributed by atoms with E-state index in [1.807, 2.05) is 30.3 Å². The topological polar surface area (TPSA) is 114 Å². The van der Waals surface area contributed by atoms with E-state index in [0.717, 1.165) is 12.0 Å². The van der Waals surface area contributed by atoms with Gasteiger partial charge in [-0.1, -0.05) is 30.3 Å². The molecule has 2 atom stereocenters. The zero-order valence-corrected chi connectivity index (χ0v) is 18.8. The molecular formula is C22H29N5O4S. The highest BCUT2D eigenvalue weighted by atomic mass is 32.2. The minimum absolute atomic E-state index is 0.129. The van der Waals surface area contributed by atoms with Crippen LogP contribution in [0.25, 0.3) is 0 Å². The maximum absolute atomic E-state index is 13.3. The summed E-state index contributed by atoms with van der Waals surface area (Å²) in [5.41, 5.74) is 0.995. The molecule has 0 aliphatic carbocycles. The first-order valence-electron chi connectivity index (χ1n) is 11.2. The molecule has 0 aromatic heterocycles. The molecule has 1 aromatic rings. The number of hydrogen-bond donors (Lipinski definition) is 1. The quantitative estimate of drug-likeness (QED) is 0.673. The van der Waals surface area contributed by atoms with E-state index >= 15 is 0 Å². The van der Waals surface area contributed by atoms with Gasteiger partial charge in [0.25, 0.3) is 10.2 Å². The number of rotatable bonds is 6. The smallest absolute Gasteiger partial charge is 0.282 e. The van der Waals surface area contributed by atoms with Crippen LogP contribution in [0.1, 0.15) is 31.2 Å². The molecule has 3 aliphatic heterocycles. The first-order chi connectivity index (χ1) is 15.4. The summed E-state index contributed by atoms with van der Waals surface area (Å²) in [5, 5.41) is 11.9. The van der Waals surface area contributed by atoms with Crippen LogP contribution in [0, 0.1) is 23.2 Å². The minimum atomic E-state index is -3.66. The van der Waals surface area contributed by atoms with Crippen LogP contribution in [-0.4, -0.2) is 72.5 Å². The van der Waals surface area contributed by atoms with Gasteiger partial charge in [-0.05, 0) is 31.2 Å². The normalized spacial score (nSPS) is 25.2. The highest BCUT2D eigenvalue weighted by Gasteiger charge is 2.44. The van der Waals surface area contributed by atoms with Gasteiger partial charge < -0.3 is 10.2 Å². The molecule has 3 heterocycles. The Labute approximate surface area is 189 Å². The molecule has 0 bridgehead atoms. The lowest BCUT2D eigenvalue weighted by molar-refractivity contribution is -0.142. The van der Waals surface area contributed by atoms with Gasteiger partial charge in [-0.2, -0.15) is 22.3 Å². The maximum atomic E-state index is 13.3. The van der Waals surface area contributed by atoms with Gasteiger partial charge in [-0.25, -0.2) is 0 Å². The Morgan fingerprint density at radius 1 is 1.03 bits per heavy atom. The van der Waals surface area contributed by atoms with Crippen molar-refractivity contribution in [1.82, 2.24) is 18.8 Å². The number of nitrogens with one attached hydrogen (secondary N) is 1. The van der Waals surface area contributed by atoms with Gasteiger partial charge >= 0.3 is 0 Å². The van der Waals surface area contributed by atoms with E-state index in [2.05, 4.69) is 11.4 Å². The lowest BCUT2D eigenvalue weighted by Gasteiger charge is -2.41. The largest absolute Gasteiger partial charge is 0.350 e. The summed E-state index contributed by atoms with van der Waals surface area (Å²) in [7, 11) is -3.66. The number of nitrogens with zero attached hydrogens (tertiary/aromatic N) is 4. The van der Waals surface area contributed by atoms with Gasteiger partial charge in [0.1, 0.15) is 6.04 Å². The summed E-state index contributed by atoms with van der Waals surface area (Å²) in [6, 6.07) is 11.2. The number of likely N-dealkylation sites (tertiary alicyclic amines) is 1. The maximum Gasteiger partial charge on any atom is 0.282 e. The van der Waals surface area contributed by atoms with Gasteiger partial charge in [-0.3, -0.25) is 9.59 Å². The van der Waals surface area contributed by atoms with E-state index in [9.17, 15) is 18.0 Å². The highest BCUT2D eigenvalue weighted by Crippen LogP contribution is 2.29. The van der Waals surface area contributed by atoms with Crippen molar-refractivity contribution in [3.05, 3.63) is 35.9 Å². The van der Waals surface area contributed by atoms with Crippen molar-refractivity contribution >= 4 is 22.0 Å². The number of nitriles is 1. The number of amides is 2. The van der Waals surface area contributed by atoms with Crippen molar-refractivity contribution in [2.75, 3.05) is 32.7 Å². The van der Waals surface area contributed by atoms with E-state index in [-0.39, 0.29) is 37.4 Å². The molecule has 3 fully saturated rings. The summed E-state index contributed by atoms with van der Waals surface area (Å²) in [6.45, 7) is 1.85. The monoisotopic (exact) mass is 459 g/mol. The summed E-state index contributed by atoms with van der Waals surface area (Å²) >= 11 is 0. The zero-order valence-electron chi connectivity index (χ0n) is 18.0. The first kappa shape index (κ1) is 22.7. The second-order valence-electron chi connectivity index (χ2n) is 8.74. The molecule has 10 heteroatoms. The molecule has 1 aromatic carbocycles. The Bertz CT molecular complexity index is 987. The van der Waals surface area contributed by atoms with Gasteiger partial charge in [-0.15, -0.1) is 0 Å². The van der Waals surface area contributed by atoms with E-state index in [4.69, 9.17) is 5.26 Å². The zero-order chi connectivity index (χ0) is 22.7. The molecule has 32 heavy (non-hydrogen) atoms. The molecule has 9 nitrogen and oxygen atoms in total. The SMILES string of the molecule is N#CC1CN(S(=O)(=O)N2CCC[C@H](C(=O)N3CCC[C@@H]3C(=O)NCc3ccccc3)C2)C1. The highest BCUT2D eigenvalue weighted by molar-refractivity contribution is 7.86. The van der Waals surface area contributed by atoms with Crippen molar-refractivity contribution in [3.8, 4) is 6.07 Å². The van der Waals surface area contributed by atoms with E-state index in [0.29, 0.717) is 38.9 Å². The Kier molecular flexibility index (Phi) is 6.79. The number of carbonyl (C=O) groups is 2. The average molecular weight is 460 g/mol. The van der Waals surface area contributed by atoms with Gasteiger partial charge in [0.05, 0.1) is 17.9 Å². The summed E-state index contributed by atoms with van der Waals surface area (Å²) in [5.74, 6) is -1.01. The Morgan fingerprint density at radius 2 is 1.75 bits per heavy atom. The number of hydrogen-bond acceptors (Lipinski definition) is 5. The summed E-state index contributed by atoms with van der Waals surface area (Å²) in [4.78, 5) is 27.7. The first-order valence-corrected chi connectivity index (χ1v) is 12.6. The number of carbonyl (C=O) groups excluding carboxylic acids is 2. The fourth-order valence-corrected chi connectivity index (χ4v) is 6.46. The lowest BCUT2D eigenvalue weighted by atomic mass is 9.97. The predicted molar refractivity (Wildman–Crippen MR) is 117 cm³/mol. The second kappa shape index (κ2) is 9.57. The Hall–Kier alpha value is -2.48. The number of benzene rings is 1. The van der Waals surface area contributed by atoms with Crippen molar-refractivity contribution < 1.29 is 18.0 Å². The van der Waals surface area contributed by atoms with Crippen molar-refractivity contribution in [2.45, 2.75) is 38.3 Å². The number of piperidine rings is 1. The van der Waals surface area contributed by atoms with Crippen LogP contribution in [0.3, 0.4) is 0 Å². The Morgan fingerprint density at radius 3 is 2.47 bits per heavy atom. The fourth-order valence-electron chi connectivity index (χ4n) is 4.67. The van der Waals surface area contributed by atoms with E-state index < -0.39 is 22.2 Å². The summed E-state index contributed by atoms with van der Waals surface area (Å²) in [6.07, 6.45) is 2.59. The average Bonchev–Trinajstić information content (AvgIpc) is 3.27. The molecule has 4 rings (SSSR count). The van der Waals surface area contributed by atoms with Crippen LogP contribution >= 0.6 is 0 Å². The van der Waals surface area contributed by atoms with Gasteiger partial charge in [0.15, 0.2) is 0 Å². The van der Waals surface area contributed by atoms with Gasteiger partial charge in [0, 0.05) is 39.3 Å². The standard InChI is InChI=1S/C22H29N5O4S/c23-12-18-14-26(15-18)32(30,31)25-10-4-8-19(16-25)22(29)27-11-5-9-20(27)21(28)24-13-17-6-2-1-3-7-17/h1-3,6-7,18-20H,4-5,8-11,13-16H2,(H,24,28)/t19-,20+/m0/s1. The third-order valence-corrected chi connectivity index (χ3v) is 8.50. The molecule has 3 aliphatic rings. The molecule has 1 N–H and O–H groups in total. The van der Waals surface area contributed by atoms with E-state index in [1.165, 1.54) is 8.61 Å². The van der Waals surface area contributed by atoms with Crippen LogP contribution in [0.4, 0.5) is 0 Å².